The van der Waals surface area contributed by atoms with Crippen LogP contribution in [-0.2, 0) is 17.6 Å². The molecular weight excluding hydrogens is 383 g/mol. The van der Waals surface area contributed by atoms with Crippen molar-refractivity contribution >= 4 is 39.1 Å². The van der Waals surface area contributed by atoms with Gasteiger partial charge in [0.05, 0.1) is 16.8 Å². The van der Waals surface area contributed by atoms with Gasteiger partial charge in [0.1, 0.15) is 16.4 Å². The molecule has 3 aromatic rings. The first-order valence-electron chi connectivity index (χ1n) is 8.90. The summed E-state index contributed by atoms with van der Waals surface area (Å²) < 4.78 is 15.8. The molecule has 0 spiro atoms. The standard InChI is InChI=1S/C20H19FN2O2S2/c1-11-7-8-13-16(9-11)27-18-17(13)19(25)23(15-6-4-3-5-14(15)21)20(22-18)26-10-12(2)24/h3-6,11H,7-10H2,1-2H3/t11-/m1/s1. The van der Waals surface area contributed by atoms with Crippen molar-refractivity contribution in [1.29, 1.82) is 0 Å². The van der Waals surface area contributed by atoms with Crippen LogP contribution >= 0.6 is 23.1 Å². The fourth-order valence-corrected chi connectivity index (χ4v) is 5.71. The molecule has 0 saturated carbocycles. The number of ketones is 1. The molecule has 0 saturated heterocycles. The van der Waals surface area contributed by atoms with E-state index >= 15 is 0 Å². The third-order valence-corrected chi connectivity index (χ3v) is 7.03. The highest BCUT2D eigenvalue weighted by Crippen LogP contribution is 2.37. The lowest BCUT2D eigenvalue weighted by molar-refractivity contribution is -0.114. The molecule has 4 rings (SSSR count). The van der Waals surface area contributed by atoms with E-state index in [4.69, 9.17) is 0 Å². The number of carbonyl (C=O) groups is 1. The van der Waals surface area contributed by atoms with Crippen LogP contribution in [0.2, 0.25) is 0 Å². The van der Waals surface area contributed by atoms with E-state index in [0.29, 0.717) is 21.3 Å². The highest BCUT2D eigenvalue weighted by Gasteiger charge is 2.25. The van der Waals surface area contributed by atoms with Crippen molar-refractivity contribution in [3.05, 3.63) is 50.9 Å². The van der Waals surface area contributed by atoms with E-state index in [1.54, 1.807) is 29.5 Å². The van der Waals surface area contributed by atoms with Gasteiger partial charge < -0.3 is 0 Å². The number of thioether (sulfide) groups is 1. The molecule has 0 amide bonds. The zero-order valence-electron chi connectivity index (χ0n) is 15.1. The highest BCUT2D eigenvalue weighted by atomic mass is 32.2. The number of Topliss-reactive ketones (excluding diaryl/α,β-unsaturated/α-hetero) is 1. The van der Waals surface area contributed by atoms with Gasteiger partial charge in [0.15, 0.2) is 5.16 Å². The molecule has 0 aliphatic heterocycles. The Morgan fingerprint density at radius 1 is 1.41 bits per heavy atom. The molecule has 1 aliphatic rings. The molecule has 0 bridgehead atoms. The molecule has 0 unspecified atom stereocenters. The maximum Gasteiger partial charge on any atom is 0.267 e. The molecule has 140 valence electrons. The monoisotopic (exact) mass is 402 g/mol. The summed E-state index contributed by atoms with van der Waals surface area (Å²) in [6.45, 7) is 3.70. The predicted molar refractivity (Wildman–Crippen MR) is 108 cm³/mol. The summed E-state index contributed by atoms with van der Waals surface area (Å²) in [5.74, 6) is 0.275. The zero-order chi connectivity index (χ0) is 19.1. The minimum Gasteiger partial charge on any atom is -0.299 e. The van der Waals surface area contributed by atoms with Crippen LogP contribution in [0.15, 0.2) is 34.2 Å². The summed E-state index contributed by atoms with van der Waals surface area (Å²) in [5, 5.41) is 0.969. The zero-order valence-corrected chi connectivity index (χ0v) is 16.8. The Labute approximate surface area is 164 Å². The number of thiophene rings is 1. The molecule has 0 fully saturated rings. The van der Waals surface area contributed by atoms with Gasteiger partial charge in [-0.05, 0) is 49.8 Å². The molecule has 27 heavy (non-hydrogen) atoms. The average Bonchev–Trinajstić information content (AvgIpc) is 2.98. The molecule has 2 aromatic heterocycles. The van der Waals surface area contributed by atoms with Crippen LogP contribution in [0.4, 0.5) is 4.39 Å². The highest BCUT2D eigenvalue weighted by molar-refractivity contribution is 7.99. The third-order valence-electron chi connectivity index (χ3n) is 4.80. The van der Waals surface area contributed by atoms with Crippen molar-refractivity contribution in [3.63, 3.8) is 0 Å². The van der Waals surface area contributed by atoms with Crippen molar-refractivity contribution < 1.29 is 9.18 Å². The number of para-hydroxylation sites is 1. The number of aromatic nitrogens is 2. The second-order valence-corrected chi connectivity index (χ2v) is 9.04. The number of fused-ring (bicyclic) bond motifs is 3. The van der Waals surface area contributed by atoms with Crippen molar-refractivity contribution in [2.45, 2.75) is 38.3 Å². The lowest BCUT2D eigenvalue weighted by Gasteiger charge is -2.18. The molecular formula is C20H19FN2O2S2. The van der Waals surface area contributed by atoms with Crippen molar-refractivity contribution in [3.8, 4) is 5.69 Å². The molecule has 1 aliphatic carbocycles. The van der Waals surface area contributed by atoms with Gasteiger partial charge in [-0.1, -0.05) is 30.8 Å². The first-order valence-corrected chi connectivity index (χ1v) is 10.7. The number of hydrogen-bond acceptors (Lipinski definition) is 5. The molecule has 7 heteroatoms. The molecule has 1 atom stereocenters. The van der Waals surface area contributed by atoms with E-state index in [0.717, 1.165) is 24.8 Å². The first-order chi connectivity index (χ1) is 13.0. The fraction of sp³-hybridized carbons (Fsp3) is 0.350. The van der Waals surface area contributed by atoms with Crippen LogP contribution in [0.25, 0.3) is 15.9 Å². The van der Waals surface area contributed by atoms with Crippen LogP contribution in [-0.4, -0.2) is 21.1 Å². The SMILES string of the molecule is CC(=O)CSc1nc2sc3c(c2c(=O)n1-c1ccccc1F)CC[C@@H](C)C3. The van der Waals surface area contributed by atoms with Crippen molar-refractivity contribution in [1.82, 2.24) is 9.55 Å². The third kappa shape index (κ3) is 3.34. The van der Waals surface area contributed by atoms with Crippen LogP contribution in [0.5, 0.6) is 0 Å². The molecule has 0 N–H and O–H groups in total. The summed E-state index contributed by atoms with van der Waals surface area (Å²) in [6.07, 6.45) is 2.84. The number of rotatable bonds is 4. The summed E-state index contributed by atoms with van der Waals surface area (Å²) in [7, 11) is 0. The maximum absolute atomic E-state index is 14.5. The topological polar surface area (TPSA) is 52.0 Å². The van der Waals surface area contributed by atoms with Gasteiger partial charge in [0.25, 0.3) is 5.56 Å². The molecule has 2 heterocycles. The summed E-state index contributed by atoms with van der Waals surface area (Å²) in [5.41, 5.74) is 0.995. The Bertz CT molecular complexity index is 1100. The first kappa shape index (κ1) is 18.4. The van der Waals surface area contributed by atoms with Crippen LogP contribution in [0, 0.1) is 11.7 Å². The van der Waals surface area contributed by atoms with Crippen LogP contribution < -0.4 is 5.56 Å². The Morgan fingerprint density at radius 2 is 2.19 bits per heavy atom. The number of benzene rings is 1. The number of hydrogen-bond donors (Lipinski definition) is 0. The number of aryl methyl sites for hydroxylation is 1. The smallest absolute Gasteiger partial charge is 0.267 e. The van der Waals surface area contributed by atoms with Crippen LogP contribution in [0.1, 0.15) is 30.7 Å². The second kappa shape index (κ2) is 7.20. The summed E-state index contributed by atoms with van der Waals surface area (Å²) in [4.78, 5) is 31.5. The predicted octanol–water partition coefficient (Wildman–Crippen LogP) is 4.39. The summed E-state index contributed by atoms with van der Waals surface area (Å²) in [6, 6.07) is 6.18. The van der Waals surface area contributed by atoms with Gasteiger partial charge in [-0.2, -0.15) is 0 Å². The molecule has 1 aromatic carbocycles. The Kier molecular flexibility index (Phi) is 4.90. The van der Waals surface area contributed by atoms with Crippen molar-refractivity contribution in [2.75, 3.05) is 5.75 Å². The van der Waals surface area contributed by atoms with Crippen LogP contribution in [0.3, 0.4) is 0 Å². The number of carbonyl (C=O) groups excluding carboxylic acids is 1. The second-order valence-electron chi connectivity index (χ2n) is 7.01. The van der Waals surface area contributed by atoms with E-state index < -0.39 is 5.82 Å². The van der Waals surface area contributed by atoms with Gasteiger partial charge >= 0.3 is 0 Å². The van der Waals surface area contributed by atoms with Crippen molar-refractivity contribution in [2.24, 2.45) is 5.92 Å². The Hall–Kier alpha value is -1.99. The Balaban J connectivity index is 1.99. The van der Waals surface area contributed by atoms with Gasteiger partial charge in [0.2, 0.25) is 0 Å². The molecule has 0 radical (unpaired) electrons. The van der Waals surface area contributed by atoms with E-state index in [1.807, 2.05) is 0 Å². The van der Waals surface area contributed by atoms with Gasteiger partial charge in [-0.15, -0.1) is 11.3 Å². The van der Waals surface area contributed by atoms with E-state index in [2.05, 4.69) is 11.9 Å². The fourth-order valence-electron chi connectivity index (χ4n) is 3.48. The lowest BCUT2D eigenvalue weighted by Crippen LogP contribution is -2.23. The van der Waals surface area contributed by atoms with Gasteiger partial charge in [-0.3, -0.25) is 14.2 Å². The van der Waals surface area contributed by atoms with E-state index in [9.17, 15) is 14.0 Å². The van der Waals surface area contributed by atoms with Gasteiger partial charge in [-0.25, -0.2) is 9.37 Å². The largest absolute Gasteiger partial charge is 0.299 e. The maximum atomic E-state index is 14.5. The van der Waals surface area contributed by atoms with E-state index in [-0.39, 0.29) is 22.8 Å². The number of halogens is 1. The van der Waals surface area contributed by atoms with Gasteiger partial charge in [0, 0.05) is 4.88 Å². The average molecular weight is 403 g/mol. The Morgan fingerprint density at radius 3 is 2.93 bits per heavy atom. The quantitative estimate of drug-likeness (QED) is 0.480. The normalized spacial score (nSPS) is 16.5. The minimum absolute atomic E-state index is 0.0197. The number of nitrogens with zero attached hydrogens (tertiary/aromatic N) is 2. The summed E-state index contributed by atoms with van der Waals surface area (Å²) >= 11 is 2.73. The van der Waals surface area contributed by atoms with E-state index in [1.165, 1.54) is 34.2 Å². The minimum atomic E-state index is -0.483. The lowest BCUT2D eigenvalue weighted by atomic mass is 9.89. The molecule has 4 nitrogen and oxygen atoms in total.